The van der Waals surface area contributed by atoms with Gasteiger partial charge in [0.15, 0.2) is 0 Å². The van der Waals surface area contributed by atoms with E-state index in [4.69, 9.17) is 10.7 Å². The molecule has 17 heavy (non-hydrogen) atoms. The Bertz CT molecular complexity index is 554. The number of thiophene rings is 1. The van der Waals surface area contributed by atoms with Crippen LogP contribution in [-0.4, -0.2) is 4.98 Å². The quantitative estimate of drug-likeness (QED) is 0.850. The summed E-state index contributed by atoms with van der Waals surface area (Å²) in [5, 5.41) is 1.16. The smallest absolute Gasteiger partial charge is 0.125 e. The van der Waals surface area contributed by atoms with Gasteiger partial charge in [-0.05, 0) is 39.2 Å². The fourth-order valence-corrected chi connectivity index (χ4v) is 4.65. The zero-order valence-electron chi connectivity index (χ0n) is 10.1. The summed E-state index contributed by atoms with van der Waals surface area (Å²) in [6.07, 6.45) is 3.44. The van der Waals surface area contributed by atoms with Crippen LogP contribution in [0, 0.1) is 13.8 Å². The molecule has 0 fully saturated rings. The van der Waals surface area contributed by atoms with E-state index < -0.39 is 0 Å². The first-order valence-electron chi connectivity index (χ1n) is 5.97. The molecule has 0 radical (unpaired) electrons. The van der Waals surface area contributed by atoms with E-state index in [1.54, 1.807) is 0 Å². The Morgan fingerprint density at radius 3 is 2.82 bits per heavy atom. The van der Waals surface area contributed by atoms with Crippen molar-refractivity contribution >= 4 is 22.7 Å². The lowest BCUT2D eigenvalue weighted by Crippen LogP contribution is -2.16. The lowest BCUT2D eigenvalue weighted by molar-refractivity contribution is 0.564. The largest absolute Gasteiger partial charge is 0.323 e. The highest BCUT2D eigenvalue weighted by atomic mass is 32.1. The zero-order chi connectivity index (χ0) is 12.0. The normalized spacial score (nSPS) is 19.4. The fraction of sp³-hybridized carbons (Fsp3) is 0.462. The van der Waals surface area contributed by atoms with Gasteiger partial charge in [-0.25, -0.2) is 4.98 Å². The average molecular weight is 264 g/mol. The summed E-state index contributed by atoms with van der Waals surface area (Å²) in [7, 11) is 0. The summed E-state index contributed by atoms with van der Waals surface area (Å²) >= 11 is 3.68. The van der Waals surface area contributed by atoms with Crippen LogP contribution in [0.4, 0.5) is 0 Å². The van der Waals surface area contributed by atoms with Crippen LogP contribution in [0.25, 0.3) is 10.6 Å². The number of hydrogen-bond acceptors (Lipinski definition) is 4. The maximum Gasteiger partial charge on any atom is 0.125 e. The minimum Gasteiger partial charge on any atom is -0.323 e. The van der Waals surface area contributed by atoms with Crippen LogP contribution < -0.4 is 5.73 Å². The second kappa shape index (κ2) is 4.19. The third kappa shape index (κ3) is 1.94. The molecule has 2 nitrogen and oxygen atoms in total. The third-order valence-electron chi connectivity index (χ3n) is 3.27. The first kappa shape index (κ1) is 11.4. The van der Waals surface area contributed by atoms with Gasteiger partial charge in [0.1, 0.15) is 5.01 Å². The van der Waals surface area contributed by atoms with Crippen molar-refractivity contribution in [1.82, 2.24) is 4.98 Å². The summed E-state index contributed by atoms with van der Waals surface area (Å²) in [6.45, 7) is 4.33. The van der Waals surface area contributed by atoms with Crippen LogP contribution in [0.3, 0.4) is 0 Å². The van der Waals surface area contributed by atoms with E-state index in [1.165, 1.54) is 26.6 Å². The number of thiazole rings is 1. The monoisotopic (exact) mass is 264 g/mol. The predicted octanol–water partition coefficient (Wildman–Crippen LogP) is 3.82. The molecule has 0 amide bonds. The van der Waals surface area contributed by atoms with Crippen LogP contribution in [0.1, 0.15) is 39.2 Å². The first-order chi connectivity index (χ1) is 8.15. The topological polar surface area (TPSA) is 38.9 Å². The number of nitrogens with zero attached hydrogens (tertiary/aromatic N) is 1. The molecule has 0 aliphatic heterocycles. The fourth-order valence-electron chi connectivity index (χ4n) is 2.41. The second-order valence-electron chi connectivity index (χ2n) is 4.65. The van der Waals surface area contributed by atoms with Crippen molar-refractivity contribution in [3.05, 3.63) is 26.4 Å². The summed E-state index contributed by atoms with van der Waals surface area (Å²) in [5.74, 6) is 0. The number of hydrogen-bond donors (Lipinski definition) is 1. The Kier molecular flexibility index (Phi) is 2.81. The summed E-state index contributed by atoms with van der Waals surface area (Å²) in [6, 6.07) is 2.40. The Morgan fingerprint density at radius 2 is 2.18 bits per heavy atom. The van der Waals surface area contributed by atoms with Crippen LogP contribution in [0.2, 0.25) is 0 Å². The summed E-state index contributed by atoms with van der Waals surface area (Å²) in [4.78, 5) is 8.90. The van der Waals surface area contributed by atoms with E-state index in [1.807, 2.05) is 22.7 Å². The van der Waals surface area contributed by atoms with E-state index in [9.17, 15) is 0 Å². The minimum absolute atomic E-state index is 0.156. The van der Waals surface area contributed by atoms with E-state index in [0.29, 0.717) is 0 Å². The molecule has 0 spiro atoms. The van der Waals surface area contributed by atoms with Gasteiger partial charge in [-0.15, -0.1) is 22.7 Å². The molecule has 2 heterocycles. The van der Waals surface area contributed by atoms with Gasteiger partial charge in [0.2, 0.25) is 0 Å². The van der Waals surface area contributed by atoms with Gasteiger partial charge in [-0.2, -0.15) is 0 Å². The molecule has 1 aliphatic rings. The van der Waals surface area contributed by atoms with Gasteiger partial charge in [-0.1, -0.05) is 0 Å². The number of nitrogens with two attached hydrogens (primary N) is 1. The Hall–Kier alpha value is -0.710. The van der Waals surface area contributed by atoms with Crippen molar-refractivity contribution in [2.75, 3.05) is 0 Å². The van der Waals surface area contributed by atoms with Gasteiger partial charge in [-0.3, -0.25) is 0 Å². The molecular formula is C13H16N2S2. The van der Waals surface area contributed by atoms with Gasteiger partial charge in [0, 0.05) is 26.2 Å². The molecule has 3 rings (SSSR count). The zero-order valence-corrected chi connectivity index (χ0v) is 11.8. The second-order valence-corrected chi connectivity index (χ2v) is 7.20. The molecule has 1 aliphatic carbocycles. The Morgan fingerprint density at radius 1 is 1.35 bits per heavy atom. The molecule has 4 heteroatoms. The lowest BCUT2D eigenvalue weighted by Gasteiger charge is -2.15. The van der Waals surface area contributed by atoms with E-state index in [-0.39, 0.29) is 6.04 Å². The third-order valence-corrected chi connectivity index (χ3v) is 5.40. The number of aromatic nitrogens is 1. The van der Waals surface area contributed by atoms with Crippen LogP contribution >= 0.6 is 22.7 Å². The van der Waals surface area contributed by atoms with Gasteiger partial charge in [0.25, 0.3) is 0 Å². The molecule has 1 unspecified atom stereocenters. The molecule has 2 aromatic heterocycles. The Balaban J connectivity index is 2.08. The molecule has 2 N–H and O–H groups in total. The maximum absolute atomic E-state index is 6.13. The highest BCUT2D eigenvalue weighted by molar-refractivity contribution is 7.16. The first-order valence-corrected chi connectivity index (χ1v) is 7.61. The molecule has 2 aromatic rings. The van der Waals surface area contributed by atoms with E-state index in [0.717, 1.165) is 23.5 Å². The molecule has 0 bridgehead atoms. The van der Waals surface area contributed by atoms with Crippen LogP contribution in [0.15, 0.2) is 6.07 Å². The highest BCUT2D eigenvalue weighted by Gasteiger charge is 2.23. The van der Waals surface area contributed by atoms with E-state index in [2.05, 4.69) is 19.9 Å². The van der Waals surface area contributed by atoms with Crippen molar-refractivity contribution in [3.8, 4) is 10.6 Å². The Labute approximate surface area is 110 Å². The SMILES string of the molecule is Cc1cc(-c2nc3c(s2)CCCC3N)c(C)s1. The summed E-state index contributed by atoms with van der Waals surface area (Å²) < 4.78 is 0. The van der Waals surface area contributed by atoms with Gasteiger partial charge >= 0.3 is 0 Å². The van der Waals surface area contributed by atoms with Crippen molar-refractivity contribution < 1.29 is 0 Å². The summed E-state index contributed by atoms with van der Waals surface area (Å²) in [5.41, 5.74) is 8.58. The highest BCUT2D eigenvalue weighted by Crippen LogP contribution is 2.39. The van der Waals surface area contributed by atoms with Crippen LogP contribution in [-0.2, 0) is 6.42 Å². The van der Waals surface area contributed by atoms with Gasteiger partial charge < -0.3 is 5.73 Å². The van der Waals surface area contributed by atoms with Crippen molar-refractivity contribution in [2.24, 2.45) is 5.73 Å². The van der Waals surface area contributed by atoms with Crippen LogP contribution in [0.5, 0.6) is 0 Å². The van der Waals surface area contributed by atoms with Gasteiger partial charge in [0.05, 0.1) is 5.69 Å². The van der Waals surface area contributed by atoms with Crippen molar-refractivity contribution in [3.63, 3.8) is 0 Å². The molecule has 90 valence electrons. The molecule has 0 aromatic carbocycles. The van der Waals surface area contributed by atoms with E-state index >= 15 is 0 Å². The predicted molar refractivity (Wildman–Crippen MR) is 74.8 cm³/mol. The van der Waals surface area contributed by atoms with Crippen molar-refractivity contribution in [1.29, 1.82) is 0 Å². The molecule has 0 saturated carbocycles. The molecule has 0 saturated heterocycles. The lowest BCUT2D eigenvalue weighted by atomic mass is 9.99. The van der Waals surface area contributed by atoms with Crippen molar-refractivity contribution in [2.45, 2.75) is 39.2 Å². The average Bonchev–Trinajstić information content (AvgIpc) is 2.82. The molecular weight excluding hydrogens is 248 g/mol. The standard InChI is InChI=1S/C13H16N2S2/c1-7-6-9(8(2)16-7)13-15-12-10(14)4-3-5-11(12)17-13/h6,10H,3-5,14H2,1-2H3. The number of aryl methyl sites for hydroxylation is 3. The number of fused-ring (bicyclic) bond motifs is 1. The number of rotatable bonds is 1. The molecule has 1 atom stereocenters. The minimum atomic E-state index is 0.156. The maximum atomic E-state index is 6.13.